The van der Waals surface area contributed by atoms with E-state index in [-0.39, 0.29) is 5.78 Å². The highest BCUT2D eigenvalue weighted by Crippen LogP contribution is 2.21. The average molecular weight is 217 g/mol. The molecular weight excluding hydrogens is 198 g/mol. The number of anilines is 1. The van der Waals surface area contributed by atoms with Crippen LogP contribution in [0.3, 0.4) is 0 Å². The summed E-state index contributed by atoms with van der Waals surface area (Å²) in [5.74, 6) is 0.232. The second-order valence-corrected chi connectivity index (χ2v) is 4.60. The molecule has 0 atom stereocenters. The lowest BCUT2D eigenvalue weighted by atomic mass is 10.1. The Labute approximate surface area is 97.3 Å². The SMILES string of the molecule is CC(=O)Cc1cccc(N2CCCCC2)c1. The van der Waals surface area contributed by atoms with Crippen molar-refractivity contribution < 1.29 is 4.79 Å². The number of hydrogen-bond acceptors (Lipinski definition) is 2. The Kier molecular flexibility index (Phi) is 3.60. The van der Waals surface area contributed by atoms with Gasteiger partial charge >= 0.3 is 0 Å². The summed E-state index contributed by atoms with van der Waals surface area (Å²) in [5.41, 5.74) is 2.41. The zero-order valence-electron chi connectivity index (χ0n) is 9.91. The van der Waals surface area contributed by atoms with Crippen molar-refractivity contribution in [3.8, 4) is 0 Å². The lowest BCUT2D eigenvalue weighted by Gasteiger charge is -2.29. The highest BCUT2D eigenvalue weighted by molar-refractivity contribution is 5.78. The Morgan fingerprint density at radius 3 is 2.69 bits per heavy atom. The van der Waals surface area contributed by atoms with Crippen LogP contribution in [0.25, 0.3) is 0 Å². The van der Waals surface area contributed by atoms with E-state index in [9.17, 15) is 4.79 Å². The molecule has 2 nitrogen and oxygen atoms in total. The van der Waals surface area contributed by atoms with Crippen LogP contribution in [-0.2, 0) is 11.2 Å². The van der Waals surface area contributed by atoms with E-state index >= 15 is 0 Å². The fraction of sp³-hybridized carbons (Fsp3) is 0.500. The Morgan fingerprint density at radius 2 is 2.00 bits per heavy atom. The van der Waals surface area contributed by atoms with E-state index in [1.54, 1.807) is 6.92 Å². The first-order valence-corrected chi connectivity index (χ1v) is 6.09. The van der Waals surface area contributed by atoms with Gasteiger partial charge in [-0.1, -0.05) is 12.1 Å². The molecule has 16 heavy (non-hydrogen) atoms. The predicted molar refractivity (Wildman–Crippen MR) is 66.9 cm³/mol. The van der Waals surface area contributed by atoms with Crippen molar-refractivity contribution in [1.29, 1.82) is 0 Å². The van der Waals surface area contributed by atoms with Gasteiger partial charge in [-0.2, -0.15) is 0 Å². The van der Waals surface area contributed by atoms with E-state index in [4.69, 9.17) is 0 Å². The van der Waals surface area contributed by atoms with Crippen LogP contribution in [0.5, 0.6) is 0 Å². The number of hydrogen-bond donors (Lipinski definition) is 0. The fourth-order valence-electron chi connectivity index (χ4n) is 2.30. The summed E-state index contributed by atoms with van der Waals surface area (Å²) in [7, 11) is 0. The molecule has 0 radical (unpaired) electrons. The molecule has 1 saturated heterocycles. The third-order valence-electron chi connectivity index (χ3n) is 3.08. The smallest absolute Gasteiger partial charge is 0.134 e. The summed E-state index contributed by atoms with van der Waals surface area (Å²) in [4.78, 5) is 13.5. The van der Waals surface area contributed by atoms with Gasteiger partial charge in [-0.15, -0.1) is 0 Å². The molecule has 1 heterocycles. The van der Waals surface area contributed by atoms with Crippen molar-refractivity contribution in [3.63, 3.8) is 0 Å². The zero-order valence-corrected chi connectivity index (χ0v) is 9.91. The minimum absolute atomic E-state index is 0.232. The summed E-state index contributed by atoms with van der Waals surface area (Å²) in [5, 5.41) is 0. The Bertz CT molecular complexity index is 367. The Balaban J connectivity index is 2.11. The van der Waals surface area contributed by atoms with Crippen LogP contribution in [0.1, 0.15) is 31.7 Å². The second kappa shape index (κ2) is 5.15. The van der Waals surface area contributed by atoms with Crippen LogP contribution >= 0.6 is 0 Å². The second-order valence-electron chi connectivity index (χ2n) is 4.60. The van der Waals surface area contributed by atoms with Crippen molar-refractivity contribution in [3.05, 3.63) is 29.8 Å². The Hall–Kier alpha value is -1.31. The molecule has 1 aromatic rings. The molecule has 0 saturated carbocycles. The van der Waals surface area contributed by atoms with Crippen molar-refractivity contribution in [2.45, 2.75) is 32.6 Å². The minimum Gasteiger partial charge on any atom is -0.372 e. The first kappa shape index (κ1) is 11.2. The van der Waals surface area contributed by atoms with E-state index in [1.165, 1.54) is 24.9 Å². The quantitative estimate of drug-likeness (QED) is 0.776. The molecular formula is C14H19NO. The molecule has 2 heteroatoms. The maximum absolute atomic E-state index is 11.1. The zero-order chi connectivity index (χ0) is 11.4. The summed E-state index contributed by atoms with van der Waals surface area (Å²) in [6.45, 7) is 3.96. The molecule has 0 bridgehead atoms. The van der Waals surface area contributed by atoms with Crippen LogP contribution in [-0.4, -0.2) is 18.9 Å². The molecule has 0 unspecified atom stereocenters. The normalized spacial score (nSPS) is 16.2. The molecule has 0 aromatic heterocycles. The molecule has 1 aromatic carbocycles. The summed E-state index contributed by atoms with van der Waals surface area (Å²) in [6.07, 6.45) is 4.49. The largest absolute Gasteiger partial charge is 0.372 e. The average Bonchev–Trinajstić information content (AvgIpc) is 2.30. The number of Topliss-reactive ketones (excluding diaryl/α,β-unsaturated/α-hetero) is 1. The van der Waals surface area contributed by atoms with Gasteiger partial charge < -0.3 is 4.90 Å². The van der Waals surface area contributed by atoms with Crippen LogP contribution in [0.2, 0.25) is 0 Å². The van der Waals surface area contributed by atoms with Crippen molar-refractivity contribution in [1.82, 2.24) is 0 Å². The fourth-order valence-corrected chi connectivity index (χ4v) is 2.30. The van der Waals surface area contributed by atoms with Crippen LogP contribution in [0, 0.1) is 0 Å². The maximum atomic E-state index is 11.1. The predicted octanol–water partition coefficient (Wildman–Crippen LogP) is 2.81. The van der Waals surface area contributed by atoms with E-state index in [0.717, 1.165) is 18.7 Å². The molecule has 1 fully saturated rings. The lowest BCUT2D eigenvalue weighted by molar-refractivity contribution is -0.116. The van der Waals surface area contributed by atoms with Crippen molar-refractivity contribution >= 4 is 11.5 Å². The van der Waals surface area contributed by atoms with Gasteiger partial charge in [0.2, 0.25) is 0 Å². The number of carbonyl (C=O) groups excluding carboxylic acids is 1. The van der Waals surface area contributed by atoms with E-state index in [0.29, 0.717) is 6.42 Å². The molecule has 86 valence electrons. The van der Waals surface area contributed by atoms with Crippen molar-refractivity contribution in [2.24, 2.45) is 0 Å². The number of benzene rings is 1. The Morgan fingerprint density at radius 1 is 1.25 bits per heavy atom. The minimum atomic E-state index is 0.232. The molecule has 1 aliphatic heterocycles. The summed E-state index contributed by atoms with van der Waals surface area (Å²) >= 11 is 0. The monoisotopic (exact) mass is 217 g/mol. The highest BCUT2D eigenvalue weighted by atomic mass is 16.1. The molecule has 2 rings (SSSR count). The number of ketones is 1. The number of carbonyl (C=O) groups is 1. The molecule has 0 aliphatic carbocycles. The van der Waals surface area contributed by atoms with Gasteiger partial charge in [-0.25, -0.2) is 0 Å². The first-order chi connectivity index (χ1) is 7.75. The number of rotatable bonds is 3. The highest BCUT2D eigenvalue weighted by Gasteiger charge is 2.11. The number of nitrogens with zero attached hydrogens (tertiary/aromatic N) is 1. The van der Waals surface area contributed by atoms with Gasteiger partial charge in [-0.05, 0) is 43.9 Å². The standard InChI is InChI=1S/C14H19NO/c1-12(16)10-13-6-5-7-14(11-13)15-8-3-2-4-9-15/h5-7,11H,2-4,8-10H2,1H3. The third kappa shape index (κ3) is 2.84. The van der Waals surface area contributed by atoms with Gasteiger partial charge in [-0.3, -0.25) is 4.79 Å². The van der Waals surface area contributed by atoms with Gasteiger partial charge in [0.1, 0.15) is 5.78 Å². The van der Waals surface area contributed by atoms with E-state index in [2.05, 4.69) is 23.1 Å². The van der Waals surface area contributed by atoms with Gasteiger partial charge in [0.25, 0.3) is 0 Å². The molecule has 0 amide bonds. The van der Waals surface area contributed by atoms with Gasteiger partial charge in [0, 0.05) is 25.2 Å². The topological polar surface area (TPSA) is 20.3 Å². The maximum Gasteiger partial charge on any atom is 0.134 e. The summed E-state index contributed by atoms with van der Waals surface area (Å²) < 4.78 is 0. The molecule has 0 N–H and O–H groups in total. The van der Waals surface area contributed by atoms with Gasteiger partial charge in [0.05, 0.1) is 0 Å². The van der Waals surface area contributed by atoms with E-state index in [1.807, 2.05) is 6.07 Å². The molecule has 0 spiro atoms. The third-order valence-corrected chi connectivity index (χ3v) is 3.08. The van der Waals surface area contributed by atoms with Crippen LogP contribution in [0.15, 0.2) is 24.3 Å². The molecule has 1 aliphatic rings. The number of piperidine rings is 1. The summed E-state index contributed by atoms with van der Waals surface area (Å²) in [6, 6.07) is 8.40. The first-order valence-electron chi connectivity index (χ1n) is 6.09. The van der Waals surface area contributed by atoms with E-state index < -0.39 is 0 Å². The lowest BCUT2D eigenvalue weighted by Crippen LogP contribution is -2.29. The van der Waals surface area contributed by atoms with Crippen LogP contribution in [0.4, 0.5) is 5.69 Å². The van der Waals surface area contributed by atoms with Gasteiger partial charge in [0.15, 0.2) is 0 Å². The van der Waals surface area contributed by atoms with Crippen molar-refractivity contribution in [2.75, 3.05) is 18.0 Å². The van der Waals surface area contributed by atoms with Crippen LogP contribution < -0.4 is 4.90 Å².